The maximum absolute atomic E-state index is 6.10. The zero-order valence-corrected chi connectivity index (χ0v) is 11.0. The topological polar surface area (TPSA) is 32.5 Å². The minimum Gasteiger partial charge on any atom is -0.398 e. The average Bonchev–Trinajstić information content (AvgIpc) is 3.03. The number of fused-ring (bicyclic) bond motifs is 2. The van der Waals surface area contributed by atoms with Gasteiger partial charge in [-0.05, 0) is 56.0 Å². The van der Waals surface area contributed by atoms with Crippen molar-refractivity contribution >= 4 is 11.4 Å². The molecule has 2 saturated heterocycles. The Morgan fingerprint density at radius 1 is 1.17 bits per heavy atom. The second-order valence-electron chi connectivity index (χ2n) is 6.22. The molecule has 2 heterocycles. The van der Waals surface area contributed by atoms with E-state index in [4.69, 9.17) is 5.73 Å². The van der Waals surface area contributed by atoms with E-state index < -0.39 is 0 Å². The summed E-state index contributed by atoms with van der Waals surface area (Å²) in [5.41, 5.74) is 9.88. The molecule has 0 amide bonds. The van der Waals surface area contributed by atoms with Gasteiger partial charge in [0, 0.05) is 36.5 Å². The first-order valence-corrected chi connectivity index (χ1v) is 7.08. The van der Waals surface area contributed by atoms with Crippen LogP contribution in [0.5, 0.6) is 0 Å². The zero-order valence-electron chi connectivity index (χ0n) is 11.0. The third-order valence-electron chi connectivity index (χ3n) is 4.93. The molecule has 1 aromatic rings. The lowest BCUT2D eigenvalue weighted by Crippen LogP contribution is -2.44. The fourth-order valence-electron chi connectivity index (χ4n) is 3.67. The molecule has 2 N–H and O–H groups in total. The molecule has 18 heavy (non-hydrogen) atoms. The molecular formula is C15H21N3. The highest BCUT2D eigenvalue weighted by Gasteiger charge is 2.41. The first-order chi connectivity index (χ1) is 8.72. The Labute approximate surface area is 109 Å². The lowest BCUT2D eigenvalue weighted by molar-refractivity contribution is 0.292. The van der Waals surface area contributed by atoms with Crippen molar-refractivity contribution in [1.82, 2.24) is 4.90 Å². The third kappa shape index (κ3) is 1.53. The van der Waals surface area contributed by atoms with E-state index in [1.165, 1.54) is 43.6 Å². The van der Waals surface area contributed by atoms with Crippen molar-refractivity contribution in [2.24, 2.45) is 0 Å². The summed E-state index contributed by atoms with van der Waals surface area (Å²) < 4.78 is 0. The number of hydrogen-bond acceptors (Lipinski definition) is 3. The van der Waals surface area contributed by atoms with Crippen LogP contribution in [0.2, 0.25) is 0 Å². The van der Waals surface area contributed by atoms with Crippen LogP contribution in [-0.2, 0) is 0 Å². The van der Waals surface area contributed by atoms with Crippen molar-refractivity contribution in [3.63, 3.8) is 0 Å². The minimum absolute atomic E-state index is 0.718. The highest BCUT2D eigenvalue weighted by Crippen LogP contribution is 2.44. The summed E-state index contributed by atoms with van der Waals surface area (Å²) in [4.78, 5) is 5.09. The van der Waals surface area contributed by atoms with Gasteiger partial charge in [-0.2, -0.15) is 0 Å². The predicted molar refractivity (Wildman–Crippen MR) is 75.0 cm³/mol. The number of likely N-dealkylation sites (tertiary alicyclic amines) is 1. The number of hydrogen-bond donors (Lipinski definition) is 1. The molecule has 0 radical (unpaired) electrons. The summed E-state index contributed by atoms with van der Waals surface area (Å²) in [6.45, 7) is 2.41. The Bertz CT molecular complexity index is 479. The second-order valence-corrected chi connectivity index (χ2v) is 6.22. The molecule has 1 aliphatic carbocycles. The molecule has 3 nitrogen and oxygen atoms in total. The van der Waals surface area contributed by atoms with E-state index in [1.807, 2.05) is 0 Å². The summed E-state index contributed by atoms with van der Waals surface area (Å²) in [5.74, 6) is 0.743. The monoisotopic (exact) mass is 243 g/mol. The van der Waals surface area contributed by atoms with Crippen LogP contribution in [0, 0.1) is 0 Å². The van der Waals surface area contributed by atoms with E-state index in [0.717, 1.165) is 23.7 Å². The maximum atomic E-state index is 6.10. The largest absolute Gasteiger partial charge is 0.398 e. The first-order valence-electron chi connectivity index (χ1n) is 7.08. The van der Waals surface area contributed by atoms with Gasteiger partial charge < -0.3 is 10.6 Å². The quantitative estimate of drug-likeness (QED) is 0.807. The molecule has 3 fully saturated rings. The highest BCUT2D eigenvalue weighted by atomic mass is 15.3. The van der Waals surface area contributed by atoms with Crippen LogP contribution < -0.4 is 10.6 Å². The lowest BCUT2D eigenvalue weighted by Gasteiger charge is -2.34. The maximum Gasteiger partial charge on any atom is 0.0433 e. The molecule has 1 aromatic carbocycles. The highest BCUT2D eigenvalue weighted by molar-refractivity contribution is 5.61. The summed E-state index contributed by atoms with van der Waals surface area (Å²) in [6.07, 6.45) is 3.98. The van der Waals surface area contributed by atoms with Crippen LogP contribution in [0.3, 0.4) is 0 Å². The number of likely N-dealkylation sites (N-methyl/N-ethyl adjacent to an activating group) is 1. The number of anilines is 2. The molecule has 2 bridgehead atoms. The smallest absolute Gasteiger partial charge is 0.0433 e. The Kier molecular flexibility index (Phi) is 2.16. The van der Waals surface area contributed by atoms with Gasteiger partial charge in [0.25, 0.3) is 0 Å². The van der Waals surface area contributed by atoms with Crippen LogP contribution in [0.4, 0.5) is 11.4 Å². The molecule has 0 aromatic heterocycles. The Balaban J connectivity index is 1.64. The van der Waals surface area contributed by atoms with Crippen LogP contribution in [-0.4, -0.2) is 37.1 Å². The average molecular weight is 243 g/mol. The van der Waals surface area contributed by atoms with Crippen molar-refractivity contribution in [2.45, 2.75) is 37.3 Å². The number of benzene rings is 1. The van der Waals surface area contributed by atoms with Gasteiger partial charge in [0.05, 0.1) is 0 Å². The number of piperazine rings is 1. The predicted octanol–water partition coefficient (Wildman–Crippen LogP) is 2.04. The summed E-state index contributed by atoms with van der Waals surface area (Å²) in [5, 5.41) is 0. The van der Waals surface area contributed by atoms with Crippen LogP contribution in [0.1, 0.15) is 30.7 Å². The number of rotatable bonds is 2. The fourth-order valence-corrected chi connectivity index (χ4v) is 3.67. The molecule has 2 atom stereocenters. The van der Waals surface area contributed by atoms with E-state index in [-0.39, 0.29) is 0 Å². The third-order valence-corrected chi connectivity index (χ3v) is 4.93. The van der Waals surface area contributed by atoms with Gasteiger partial charge in [-0.15, -0.1) is 0 Å². The summed E-state index contributed by atoms with van der Waals surface area (Å²) in [6, 6.07) is 8.15. The Morgan fingerprint density at radius 3 is 2.61 bits per heavy atom. The summed E-state index contributed by atoms with van der Waals surface area (Å²) in [7, 11) is 2.25. The van der Waals surface area contributed by atoms with Gasteiger partial charge in [0.15, 0.2) is 0 Å². The van der Waals surface area contributed by atoms with Gasteiger partial charge in [-0.1, -0.05) is 0 Å². The van der Waals surface area contributed by atoms with Crippen molar-refractivity contribution in [3.8, 4) is 0 Å². The molecule has 3 aliphatic rings. The SMILES string of the molecule is CN1C[C@@H]2C[C@H]1CN2c1ccc(N)c(C2CC2)c1. The van der Waals surface area contributed by atoms with Crippen LogP contribution in [0.15, 0.2) is 18.2 Å². The van der Waals surface area contributed by atoms with Gasteiger partial charge in [0.2, 0.25) is 0 Å². The van der Waals surface area contributed by atoms with Crippen molar-refractivity contribution in [2.75, 3.05) is 30.8 Å². The molecule has 96 valence electrons. The van der Waals surface area contributed by atoms with E-state index >= 15 is 0 Å². The molecule has 4 rings (SSSR count). The van der Waals surface area contributed by atoms with Gasteiger partial charge in [0.1, 0.15) is 0 Å². The van der Waals surface area contributed by atoms with Gasteiger partial charge in [-0.25, -0.2) is 0 Å². The molecule has 0 spiro atoms. The molecule has 2 aliphatic heterocycles. The molecular weight excluding hydrogens is 222 g/mol. The van der Waals surface area contributed by atoms with Crippen molar-refractivity contribution in [1.29, 1.82) is 0 Å². The van der Waals surface area contributed by atoms with Crippen molar-refractivity contribution in [3.05, 3.63) is 23.8 Å². The Hall–Kier alpha value is -1.22. The number of nitrogens with two attached hydrogens (primary N) is 1. The van der Waals surface area contributed by atoms with E-state index in [0.29, 0.717) is 0 Å². The van der Waals surface area contributed by atoms with Crippen LogP contribution >= 0.6 is 0 Å². The summed E-state index contributed by atoms with van der Waals surface area (Å²) >= 11 is 0. The molecule has 0 unspecified atom stereocenters. The number of nitrogen functional groups attached to an aromatic ring is 1. The van der Waals surface area contributed by atoms with Gasteiger partial charge >= 0.3 is 0 Å². The zero-order chi connectivity index (χ0) is 12.3. The van der Waals surface area contributed by atoms with E-state index in [1.54, 1.807) is 0 Å². The standard InChI is InChI=1S/C15H21N3/c1-17-8-13-6-12(17)9-18(13)11-4-5-15(16)14(7-11)10-2-3-10/h4-5,7,10,12-13H,2-3,6,8-9,16H2,1H3/t12-,13-/m0/s1. The molecule has 3 heteroatoms. The van der Waals surface area contributed by atoms with E-state index in [9.17, 15) is 0 Å². The normalized spacial score (nSPS) is 31.3. The minimum atomic E-state index is 0.718. The second kappa shape index (κ2) is 3.64. The van der Waals surface area contributed by atoms with Crippen LogP contribution in [0.25, 0.3) is 0 Å². The van der Waals surface area contributed by atoms with Gasteiger partial charge in [-0.3, -0.25) is 4.90 Å². The lowest BCUT2D eigenvalue weighted by atomic mass is 10.1. The van der Waals surface area contributed by atoms with E-state index in [2.05, 4.69) is 35.0 Å². The number of nitrogens with zero attached hydrogens (tertiary/aromatic N) is 2. The van der Waals surface area contributed by atoms with Crippen molar-refractivity contribution < 1.29 is 0 Å². The first kappa shape index (κ1) is 10.7. The fraction of sp³-hybridized carbons (Fsp3) is 0.600. The molecule has 1 saturated carbocycles. The Morgan fingerprint density at radius 2 is 2.00 bits per heavy atom.